The summed E-state index contributed by atoms with van der Waals surface area (Å²) in [6, 6.07) is 11.9. The third-order valence-electron chi connectivity index (χ3n) is 4.64. The quantitative estimate of drug-likeness (QED) is 0.829. The van der Waals surface area contributed by atoms with Gasteiger partial charge in [0.2, 0.25) is 0 Å². The molecule has 0 bridgehead atoms. The number of nitrogens with zero attached hydrogens (tertiary/aromatic N) is 1. The Labute approximate surface area is 143 Å². The number of ketones is 1. The van der Waals surface area contributed by atoms with E-state index in [2.05, 4.69) is 10.2 Å². The van der Waals surface area contributed by atoms with Crippen LogP contribution in [0.1, 0.15) is 24.2 Å². The van der Waals surface area contributed by atoms with E-state index >= 15 is 0 Å². The van der Waals surface area contributed by atoms with Gasteiger partial charge in [0, 0.05) is 49.6 Å². The molecule has 0 spiro atoms. The second-order valence-corrected chi connectivity index (χ2v) is 6.41. The van der Waals surface area contributed by atoms with E-state index in [4.69, 9.17) is 4.74 Å². The Morgan fingerprint density at radius 2 is 1.88 bits per heavy atom. The fourth-order valence-corrected chi connectivity index (χ4v) is 3.40. The van der Waals surface area contributed by atoms with Crippen LogP contribution in [0.2, 0.25) is 0 Å². The van der Waals surface area contributed by atoms with Crippen molar-refractivity contribution in [2.24, 2.45) is 5.92 Å². The van der Waals surface area contributed by atoms with Gasteiger partial charge < -0.3 is 15.0 Å². The molecule has 128 valence electrons. The molecule has 4 heteroatoms. The van der Waals surface area contributed by atoms with Crippen LogP contribution in [0, 0.1) is 5.92 Å². The molecule has 24 heavy (non-hydrogen) atoms. The minimum Gasteiger partial charge on any atom is -0.493 e. The Hall–Kier alpha value is -1.91. The summed E-state index contributed by atoms with van der Waals surface area (Å²) in [6.07, 6.45) is 0. The highest BCUT2D eigenvalue weighted by Gasteiger charge is 2.22. The number of hydrogen-bond donors (Lipinski definition) is 1. The second-order valence-electron chi connectivity index (χ2n) is 6.41. The van der Waals surface area contributed by atoms with Gasteiger partial charge in [-0.05, 0) is 24.4 Å². The van der Waals surface area contributed by atoms with Gasteiger partial charge in [-0.2, -0.15) is 0 Å². The van der Waals surface area contributed by atoms with Crippen molar-refractivity contribution in [3.05, 3.63) is 42.0 Å². The Morgan fingerprint density at radius 1 is 1.17 bits per heavy atom. The molecule has 1 heterocycles. The Bertz CT molecular complexity index is 708. The number of rotatable bonds is 6. The molecule has 1 N–H and O–H groups in total. The first-order valence-corrected chi connectivity index (χ1v) is 8.82. The zero-order chi connectivity index (χ0) is 16.9. The summed E-state index contributed by atoms with van der Waals surface area (Å²) in [5, 5.41) is 5.35. The number of benzene rings is 2. The molecule has 1 saturated heterocycles. The van der Waals surface area contributed by atoms with Crippen LogP contribution in [-0.2, 0) is 0 Å². The average Bonchev–Trinajstić information content (AvgIpc) is 2.62. The number of carbonyl (C=O) groups is 1. The lowest BCUT2D eigenvalue weighted by Gasteiger charge is -2.29. The van der Waals surface area contributed by atoms with Crippen molar-refractivity contribution in [2.75, 3.05) is 39.3 Å². The standard InChI is InChI=1S/C20H26N2O2/c1-3-24-19-9-8-18(16-6-4-5-7-17(16)19)20(23)15(2)14-22-12-10-21-11-13-22/h4-9,15,21H,3,10-14H2,1-2H3. The largest absolute Gasteiger partial charge is 0.493 e. The number of hydrogen-bond acceptors (Lipinski definition) is 4. The third kappa shape index (κ3) is 3.60. The zero-order valence-corrected chi connectivity index (χ0v) is 14.5. The predicted octanol–water partition coefficient (Wildman–Crippen LogP) is 2.96. The van der Waals surface area contributed by atoms with Gasteiger partial charge in [0.1, 0.15) is 5.75 Å². The predicted molar refractivity (Wildman–Crippen MR) is 97.9 cm³/mol. The lowest BCUT2D eigenvalue weighted by Crippen LogP contribution is -2.45. The molecule has 0 aromatic heterocycles. The number of ether oxygens (including phenoxy) is 1. The first-order valence-electron chi connectivity index (χ1n) is 8.82. The Balaban J connectivity index is 1.85. The number of Topliss-reactive ketones (excluding diaryl/α,β-unsaturated/α-hetero) is 1. The maximum atomic E-state index is 13.0. The van der Waals surface area contributed by atoms with Crippen LogP contribution in [-0.4, -0.2) is 50.0 Å². The molecule has 4 nitrogen and oxygen atoms in total. The SMILES string of the molecule is CCOc1ccc(C(=O)C(C)CN2CCNCC2)c2ccccc12. The molecule has 1 aliphatic heterocycles. The summed E-state index contributed by atoms with van der Waals surface area (Å²) in [6.45, 7) is 9.50. The molecule has 0 amide bonds. The van der Waals surface area contributed by atoms with Crippen LogP contribution in [0.4, 0.5) is 0 Å². The van der Waals surface area contributed by atoms with E-state index in [9.17, 15) is 4.79 Å². The van der Waals surface area contributed by atoms with Crippen LogP contribution in [0.25, 0.3) is 10.8 Å². The fourth-order valence-electron chi connectivity index (χ4n) is 3.40. The Kier molecular flexibility index (Phi) is 5.48. The van der Waals surface area contributed by atoms with Gasteiger partial charge in [-0.25, -0.2) is 0 Å². The summed E-state index contributed by atoms with van der Waals surface area (Å²) in [5.41, 5.74) is 0.802. The van der Waals surface area contributed by atoms with Gasteiger partial charge in [-0.15, -0.1) is 0 Å². The molecule has 0 saturated carbocycles. The van der Waals surface area contributed by atoms with Gasteiger partial charge in [-0.1, -0.05) is 31.2 Å². The van der Waals surface area contributed by atoms with Crippen molar-refractivity contribution in [1.82, 2.24) is 10.2 Å². The molecule has 0 radical (unpaired) electrons. The first-order chi connectivity index (χ1) is 11.7. The average molecular weight is 326 g/mol. The maximum Gasteiger partial charge on any atom is 0.167 e. The minimum atomic E-state index is -0.00977. The molecule has 1 unspecified atom stereocenters. The third-order valence-corrected chi connectivity index (χ3v) is 4.64. The highest BCUT2D eigenvalue weighted by atomic mass is 16.5. The number of carbonyl (C=O) groups excluding carboxylic acids is 1. The summed E-state index contributed by atoms with van der Waals surface area (Å²) < 4.78 is 5.71. The highest BCUT2D eigenvalue weighted by molar-refractivity contribution is 6.10. The smallest absolute Gasteiger partial charge is 0.167 e. The molecule has 2 aromatic carbocycles. The van der Waals surface area contributed by atoms with E-state index in [-0.39, 0.29) is 11.7 Å². The van der Waals surface area contributed by atoms with E-state index in [1.165, 1.54) is 0 Å². The van der Waals surface area contributed by atoms with Crippen molar-refractivity contribution in [2.45, 2.75) is 13.8 Å². The van der Waals surface area contributed by atoms with Gasteiger partial charge in [0.25, 0.3) is 0 Å². The molecule has 1 atom stereocenters. The van der Waals surface area contributed by atoms with Crippen molar-refractivity contribution in [3.8, 4) is 5.75 Å². The van der Waals surface area contributed by atoms with Crippen molar-refractivity contribution in [3.63, 3.8) is 0 Å². The summed E-state index contributed by atoms with van der Waals surface area (Å²) in [4.78, 5) is 15.4. The molecular weight excluding hydrogens is 300 g/mol. The van der Waals surface area contributed by atoms with Gasteiger partial charge >= 0.3 is 0 Å². The van der Waals surface area contributed by atoms with Gasteiger partial charge in [0.05, 0.1) is 6.61 Å². The van der Waals surface area contributed by atoms with Crippen molar-refractivity contribution in [1.29, 1.82) is 0 Å². The van der Waals surface area contributed by atoms with Crippen molar-refractivity contribution < 1.29 is 9.53 Å². The highest BCUT2D eigenvalue weighted by Crippen LogP contribution is 2.30. The summed E-state index contributed by atoms with van der Waals surface area (Å²) in [5.74, 6) is 1.05. The first kappa shape index (κ1) is 16.9. The van der Waals surface area contributed by atoms with Crippen molar-refractivity contribution >= 4 is 16.6 Å². The molecule has 1 fully saturated rings. The van der Waals surface area contributed by atoms with Crippen LogP contribution in [0.3, 0.4) is 0 Å². The van der Waals surface area contributed by atoms with E-state index in [0.29, 0.717) is 6.61 Å². The maximum absolute atomic E-state index is 13.0. The summed E-state index contributed by atoms with van der Waals surface area (Å²) >= 11 is 0. The lowest BCUT2D eigenvalue weighted by molar-refractivity contribution is 0.0889. The lowest BCUT2D eigenvalue weighted by atomic mass is 9.93. The molecule has 2 aromatic rings. The number of nitrogens with one attached hydrogen (secondary N) is 1. The molecular formula is C20H26N2O2. The minimum absolute atomic E-state index is 0.00977. The number of piperazine rings is 1. The van der Waals surface area contributed by atoms with Crippen LogP contribution >= 0.6 is 0 Å². The summed E-state index contributed by atoms with van der Waals surface area (Å²) in [7, 11) is 0. The van der Waals surface area contributed by atoms with E-state index in [1.54, 1.807) is 0 Å². The van der Waals surface area contributed by atoms with E-state index < -0.39 is 0 Å². The van der Waals surface area contributed by atoms with E-state index in [1.807, 2.05) is 50.2 Å². The van der Waals surface area contributed by atoms with Crippen LogP contribution in [0.15, 0.2) is 36.4 Å². The number of fused-ring (bicyclic) bond motifs is 1. The molecule has 1 aliphatic rings. The van der Waals surface area contributed by atoms with Gasteiger partial charge in [-0.3, -0.25) is 4.79 Å². The normalized spacial score (nSPS) is 16.9. The monoisotopic (exact) mass is 326 g/mol. The van der Waals surface area contributed by atoms with Crippen LogP contribution in [0.5, 0.6) is 5.75 Å². The van der Waals surface area contributed by atoms with Gasteiger partial charge in [0.15, 0.2) is 5.78 Å². The van der Waals surface area contributed by atoms with Crippen LogP contribution < -0.4 is 10.1 Å². The fraction of sp³-hybridized carbons (Fsp3) is 0.450. The Morgan fingerprint density at radius 3 is 2.58 bits per heavy atom. The molecule has 3 rings (SSSR count). The molecule has 0 aliphatic carbocycles. The zero-order valence-electron chi connectivity index (χ0n) is 14.5. The van der Waals surface area contributed by atoms with E-state index in [0.717, 1.165) is 54.8 Å². The second kappa shape index (κ2) is 7.77. The topological polar surface area (TPSA) is 41.6 Å².